The van der Waals surface area contributed by atoms with E-state index >= 15 is 0 Å². The van der Waals surface area contributed by atoms with E-state index in [0.29, 0.717) is 0 Å². The number of pyridine rings is 1. The van der Waals surface area contributed by atoms with Crippen LogP contribution in [0.5, 0.6) is 0 Å². The molecule has 1 aromatic rings. The number of rotatable bonds is 4. The lowest BCUT2D eigenvalue weighted by Gasteiger charge is -2.09. The van der Waals surface area contributed by atoms with Crippen LogP contribution in [-0.2, 0) is 9.84 Å². The van der Waals surface area contributed by atoms with Crippen LogP contribution in [0.1, 0.15) is 12.5 Å². The highest BCUT2D eigenvalue weighted by Crippen LogP contribution is 2.17. The van der Waals surface area contributed by atoms with E-state index in [4.69, 9.17) is 16.9 Å². The van der Waals surface area contributed by atoms with Crippen LogP contribution in [0.2, 0.25) is 0 Å². The lowest BCUT2D eigenvalue weighted by molar-refractivity contribution is 0.582. The van der Waals surface area contributed by atoms with Gasteiger partial charge in [-0.15, -0.1) is 11.6 Å². The summed E-state index contributed by atoms with van der Waals surface area (Å²) >= 11 is 5.57. The normalized spacial score (nSPS) is 13.1. The lowest BCUT2D eigenvalue weighted by atomic mass is 10.3. The molecule has 0 amide bonds. The Hall–Kier alpha value is -1.12. The minimum atomic E-state index is -3.48. The third kappa shape index (κ3) is 2.94. The summed E-state index contributed by atoms with van der Waals surface area (Å²) in [5, 5.41) is 8.80. The Bertz CT molecular complexity index is 508. The number of hydrogen-bond donors (Lipinski definition) is 0. The Balaban J connectivity index is 3.13. The van der Waals surface area contributed by atoms with Gasteiger partial charge in [0, 0.05) is 18.3 Å². The van der Waals surface area contributed by atoms with E-state index in [1.807, 2.05) is 6.07 Å². The van der Waals surface area contributed by atoms with E-state index in [1.165, 1.54) is 18.5 Å². The quantitative estimate of drug-likeness (QED) is 0.769. The average molecular weight is 259 g/mol. The number of alkyl halides is 1. The van der Waals surface area contributed by atoms with E-state index in [0.717, 1.165) is 0 Å². The second kappa shape index (κ2) is 5.28. The van der Waals surface area contributed by atoms with Crippen LogP contribution < -0.4 is 0 Å². The summed E-state index contributed by atoms with van der Waals surface area (Å²) in [4.78, 5) is 3.71. The molecule has 1 atom stereocenters. The number of nitriles is 1. The Morgan fingerprint density at radius 1 is 1.62 bits per heavy atom. The first kappa shape index (κ1) is 12.9. The van der Waals surface area contributed by atoms with Crippen molar-refractivity contribution < 1.29 is 8.42 Å². The van der Waals surface area contributed by atoms with Gasteiger partial charge in [-0.25, -0.2) is 8.42 Å². The van der Waals surface area contributed by atoms with Crippen LogP contribution in [0.3, 0.4) is 0 Å². The van der Waals surface area contributed by atoms with Crippen LogP contribution in [0.15, 0.2) is 23.4 Å². The Kier molecular flexibility index (Phi) is 4.27. The first-order valence-corrected chi connectivity index (χ1v) is 6.82. The van der Waals surface area contributed by atoms with Crippen molar-refractivity contribution in [1.82, 2.24) is 4.98 Å². The highest BCUT2D eigenvalue weighted by molar-refractivity contribution is 7.91. The fourth-order valence-corrected chi connectivity index (χ4v) is 3.18. The molecule has 1 aromatic heterocycles. The molecule has 0 bridgehead atoms. The Morgan fingerprint density at radius 3 is 2.88 bits per heavy atom. The molecule has 6 heteroatoms. The van der Waals surface area contributed by atoms with Gasteiger partial charge in [-0.3, -0.25) is 4.98 Å². The van der Waals surface area contributed by atoms with Gasteiger partial charge in [-0.05, 0) is 12.0 Å². The maximum absolute atomic E-state index is 11.9. The van der Waals surface area contributed by atoms with Gasteiger partial charge >= 0.3 is 0 Å². The van der Waals surface area contributed by atoms with Crippen molar-refractivity contribution in [3.05, 3.63) is 24.0 Å². The molecule has 86 valence electrons. The third-order valence-electron chi connectivity index (χ3n) is 2.01. The molecule has 1 heterocycles. The summed E-state index contributed by atoms with van der Waals surface area (Å²) in [5.41, 5.74) is 0.122. The molecule has 0 aromatic carbocycles. The maximum atomic E-state index is 11.9. The molecule has 0 aliphatic rings. The van der Waals surface area contributed by atoms with Gasteiger partial charge in [-0.2, -0.15) is 5.26 Å². The van der Waals surface area contributed by atoms with E-state index < -0.39 is 9.84 Å². The molecule has 0 radical (unpaired) electrons. The number of halogens is 1. The molecular weight excluding hydrogens is 248 g/mol. The monoisotopic (exact) mass is 258 g/mol. The van der Waals surface area contributed by atoms with Gasteiger partial charge in [0.05, 0.1) is 11.3 Å². The van der Waals surface area contributed by atoms with Crippen molar-refractivity contribution in [2.45, 2.75) is 11.8 Å². The van der Waals surface area contributed by atoms with Crippen LogP contribution >= 0.6 is 11.6 Å². The van der Waals surface area contributed by atoms with Crippen molar-refractivity contribution in [2.24, 2.45) is 5.92 Å². The van der Waals surface area contributed by atoms with Gasteiger partial charge in [0.1, 0.15) is 11.0 Å². The van der Waals surface area contributed by atoms with Crippen molar-refractivity contribution >= 4 is 21.4 Å². The SMILES string of the molecule is CC(CCl)CS(=O)(=O)c1cnccc1C#N. The molecular formula is C10H11ClN2O2S. The molecule has 4 nitrogen and oxygen atoms in total. The van der Waals surface area contributed by atoms with Gasteiger partial charge in [0.15, 0.2) is 9.84 Å². The highest BCUT2D eigenvalue weighted by Gasteiger charge is 2.21. The van der Waals surface area contributed by atoms with Crippen LogP contribution in [0.25, 0.3) is 0 Å². The molecule has 1 rings (SSSR count). The third-order valence-corrected chi connectivity index (χ3v) is 4.54. The number of nitrogens with zero attached hydrogens (tertiary/aromatic N) is 2. The number of sulfone groups is 1. The zero-order valence-corrected chi connectivity index (χ0v) is 10.3. The van der Waals surface area contributed by atoms with E-state index in [2.05, 4.69) is 4.98 Å². The molecule has 0 saturated heterocycles. The summed E-state index contributed by atoms with van der Waals surface area (Å²) < 4.78 is 23.9. The van der Waals surface area contributed by atoms with E-state index in [9.17, 15) is 8.42 Å². The molecule has 0 aliphatic heterocycles. The van der Waals surface area contributed by atoms with Crippen molar-refractivity contribution in [2.75, 3.05) is 11.6 Å². The second-order valence-electron chi connectivity index (χ2n) is 3.52. The van der Waals surface area contributed by atoms with E-state index in [1.54, 1.807) is 6.92 Å². The van der Waals surface area contributed by atoms with Gasteiger partial charge < -0.3 is 0 Å². The second-order valence-corrected chi connectivity index (χ2v) is 5.84. The number of aromatic nitrogens is 1. The highest BCUT2D eigenvalue weighted by atomic mass is 35.5. The summed E-state index contributed by atoms with van der Waals surface area (Å²) in [6.07, 6.45) is 2.59. The molecule has 0 spiro atoms. The minimum absolute atomic E-state index is 0.0190. The Morgan fingerprint density at radius 2 is 2.31 bits per heavy atom. The van der Waals surface area contributed by atoms with Crippen LogP contribution in [0, 0.1) is 17.2 Å². The lowest BCUT2D eigenvalue weighted by Crippen LogP contribution is -2.16. The number of hydrogen-bond acceptors (Lipinski definition) is 4. The minimum Gasteiger partial charge on any atom is -0.263 e. The van der Waals surface area contributed by atoms with Gasteiger partial charge in [0.2, 0.25) is 0 Å². The van der Waals surface area contributed by atoms with Gasteiger partial charge in [-0.1, -0.05) is 6.92 Å². The first-order chi connectivity index (χ1) is 7.51. The fraction of sp³-hybridized carbons (Fsp3) is 0.400. The standard InChI is InChI=1S/C10H11ClN2O2S/c1-8(4-11)7-16(14,15)10-6-13-3-2-9(10)5-12/h2-3,6,8H,4,7H2,1H3. The van der Waals surface area contributed by atoms with E-state index in [-0.39, 0.29) is 28.0 Å². The smallest absolute Gasteiger partial charge is 0.181 e. The first-order valence-electron chi connectivity index (χ1n) is 4.64. The largest absolute Gasteiger partial charge is 0.263 e. The maximum Gasteiger partial charge on any atom is 0.181 e. The summed E-state index contributed by atoms with van der Waals surface area (Å²) in [6.45, 7) is 1.74. The summed E-state index contributed by atoms with van der Waals surface area (Å²) in [6, 6.07) is 3.23. The van der Waals surface area contributed by atoms with Crippen LogP contribution in [0.4, 0.5) is 0 Å². The predicted molar refractivity (Wildman–Crippen MR) is 60.9 cm³/mol. The average Bonchev–Trinajstić information content (AvgIpc) is 2.28. The van der Waals surface area contributed by atoms with Gasteiger partial charge in [0.25, 0.3) is 0 Å². The fourth-order valence-electron chi connectivity index (χ4n) is 1.23. The summed E-state index contributed by atoms with van der Waals surface area (Å²) in [5.74, 6) is 0.0385. The topological polar surface area (TPSA) is 70.8 Å². The molecule has 0 N–H and O–H groups in total. The molecule has 0 aliphatic carbocycles. The van der Waals surface area contributed by atoms with Crippen molar-refractivity contribution in [3.8, 4) is 6.07 Å². The molecule has 0 fully saturated rings. The molecule has 0 saturated carbocycles. The predicted octanol–water partition coefficient (Wildman–Crippen LogP) is 1.60. The molecule has 16 heavy (non-hydrogen) atoms. The van der Waals surface area contributed by atoms with Crippen LogP contribution in [-0.4, -0.2) is 25.0 Å². The Labute approximate surface area is 99.8 Å². The molecule has 1 unspecified atom stereocenters. The van der Waals surface area contributed by atoms with Crippen molar-refractivity contribution in [1.29, 1.82) is 5.26 Å². The van der Waals surface area contributed by atoms with Crippen molar-refractivity contribution in [3.63, 3.8) is 0 Å². The zero-order valence-electron chi connectivity index (χ0n) is 8.72. The zero-order chi connectivity index (χ0) is 12.2. The summed E-state index contributed by atoms with van der Waals surface area (Å²) in [7, 11) is -3.48.